The summed E-state index contributed by atoms with van der Waals surface area (Å²) < 4.78 is 29.8. The second-order valence-electron chi connectivity index (χ2n) is 6.34. The fourth-order valence-electron chi connectivity index (χ4n) is 3.17. The van der Waals surface area contributed by atoms with Crippen molar-refractivity contribution in [1.82, 2.24) is 4.90 Å². The van der Waals surface area contributed by atoms with Gasteiger partial charge in [-0.05, 0) is 25.0 Å². The van der Waals surface area contributed by atoms with Crippen LogP contribution in [0.2, 0.25) is 0 Å². The first-order valence-corrected chi connectivity index (χ1v) is 8.15. The molecule has 0 saturated carbocycles. The lowest BCUT2D eigenvalue weighted by molar-refractivity contribution is -0.0714. The Morgan fingerprint density at radius 2 is 2.09 bits per heavy atom. The summed E-state index contributed by atoms with van der Waals surface area (Å²) in [6.07, 6.45) is 1.95. The minimum atomic E-state index is -1.10. The number of β-amino-alcohol motifs (C(OH)–C–C–N with tert-alkyl or cyclic N) is 1. The second-order valence-corrected chi connectivity index (χ2v) is 6.34. The number of ether oxygens (including phenoxy) is 3. The lowest BCUT2D eigenvalue weighted by Gasteiger charge is -2.37. The summed E-state index contributed by atoms with van der Waals surface area (Å²) in [5.74, 6) is 0.0655. The number of benzene rings is 1. The molecule has 0 radical (unpaired) electrons. The number of hydrogen-bond donors (Lipinski definition) is 1. The molecule has 1 N–H and O–H groups in total. The molecule has 0 amide bonds. The Hall–Kier alpha value is -1.21. The van der Waals surface area contributed by atoms with E-state index in [1.165, 1.54) is 12.1 Å². The maximum Gasteiger partial charge on any atom is 0.134 e. The lowest BCUT2D eigenvalue weighted by atomic mass is 10.0. The van der Waals surface area contributed by atoms with Crippen molar-refractivity contribution in [2.45, 2.75) is 24.5 Å². The Balaban J connectivity index is 1.61. The van der Waals surface area contributed by atoms with Gasteiger partial charge in [0.05, 0.1) is 13.2 Å². The topological polar surface area (TPSA) is 51.2 Å². The van der Waals surface area contributed by atoms with Crippen molar-refractivity contribution < 1.29 is 23.7 Å². The van der Waals surface area contributed by atoms with Crippen molar-refractivity contribution in [1.29, 1.82) is 0 Å². The Morgan fingerprint density at radius 3 is 2.87 bits per heavy atom. The van der Waals surface area contributed by atoms with Crippen LogP contribution in [0.5, 0.6) is 5.75 Å². The third-order valence-corrected chi connectivity index (χ3v) is 4.40. The van der Waals surface area contributed by atoms with E-state index in [1.54, 1.807) is 12.1 Å². The third kappa shape index (κ3) is 4.64. The highest BCUT2D eigenvalue weighted by atomic mass is 19.1. The molecule has 6 heteroatoms. The first-order valence-electron chi connectivity index (χ1n) is 8.15. The predicted octanol–water partition coefficient (Wildman–Crippen LogP) is 1.45. The molecule has 2 fully saturated rings. The zero-order valence-electron chi connectivity index (χ0n) is 13.2. The summed E-state index contributed by atoms with van der Waals surface area (Å²) in [6.45, 7) is 3.72. The molecule has 0 spiro atoms. The van der Waals surface area contributed by atoms with Crippen LogP contribution in [0.1, 0.15) is 12.8 Å². The van der Waals surface area contributed by atoms with Gasteiger partial charge in [0.1, 0.15) is 23.8 Å². The zero-order valence-corrected chi connectivity index (χ0v) is 13.2. The van der Waals surface area contributed by atoms with Crippen molar-refractivity contribution >= 4 is 0 Å². The van der Waals surface area contributed by atoms with Crippen molar-refractivity contribution in [3.63, 3.8) is 0 Å². The number of hydrogen-bond acceptors (Lipinski definition) is 5. The number of halogens is 1. The molecule has 0 aliphatic carbocycles. The molecule has 0 aromatic heterocycles. The molecule has 128 valence electrons. The van der Waals surface area contributed by atoms with E-state index in [0.717, 1.165) is 32.6 Å². The third-order valence-electron chi connectivity index (χ3n) is 4.40. The van der Waals surface area contributed by atoms with Gasteiger partial charge < -0.3 is 19.3 Å². The van der Waals surface area contributed by atoms with Crippen LogP contribution in [0.3, 0.4) is 0 Å². The number of rotatable bonds is 4. The molecular weight excluding hydrogens is 301 g/mol. The van der Waals surface area contributed by atoms with Gasteiger partial charge in [-0.25, -0.2) is 4.39 Å². The first kappa shape index (κ1) is 16.6. The normalized spacial score (nSPS) is 27.6. The highest BCUT2D eigenvalue weighted by Crippen LogP contribution is 2.22. The maximum atomic E-state index is 13.2. The van der Waals surface area contributed by atoms with Crippen LogP contribution in [0, 0.1) is 5.82 Å². The van der Waals surface area contributed by atoms with Gasteiger partial charge in [-0.1, -0.05) is 6.07 Å². The zero-order chi connectivity index (χ0) is 16.1. The van der Waals surface area contributed by atoms with Gasteiger partial charge in [-0.3, -0.25) is 4.90 Å². The second kappa shape index (κ2) is 7.57. The van der Waals surface area contributed by atoms with E-state index in [0.29, 0.717) is 24.9 Å². The maximum absolute atomic E-state index is 13.2. The molecule has 1 aromatic carbocycles. The highest BCUT2D eigenvalue weighted by Gasteiger charge is 2.36. The van der Waals surface area contributed by atoms with Gasteiger partial charge in [0.15, 0.2) is 0 Å². The van der Waals surface area contributed by atoms with Crippen molar-refractivity contribution in [3.05, 3.63) is 30.1 Å². The van der Waals surface area contributed by atoms with E-state index in [1.807, 2.05) is 0 Å². The standard InChI is InChI=1S/C17H24FNO4/c18-14-2-1-3-16(10-14)23-13-17(20)11-19(6-9-22-12-17)15-4-7-21-8-5-15/h1-3,10,15,20H,4-9,11-13H2. The van der Waals surface area contributed by atoms with E-state index in [9.17, 15) is 9.50 Å². The van der Waals surface area contributed by atoms with Crippen LogP contribution in [0.4, 0.5) is 4.39 Å². The van der Waals surface area contributed by atoms with E-state index in [4.69, 9.17) is 14.2 Å². The average molecular weight is 325 g/mol. The highest BCUT2D eigenvalue weighted by molar-refractivity contribution is 5.22. The van der Waals surface area contributed by atoms with E-state index >= 15 is 0 Å². The molecular formula is C17H24FNO4. The number of nitrogens with zero attached hydrogens (tertiary/aromatic N) is 1. The Morgan fingerprint density at radius 1 is 1.26 bits per heavy atom. The van der Waals surface area contributed by atoms with Crippen LogP contribution in [-0.4, -0.2) is 67.8 Å². The molecule has 2 heterocycles. The minimum Gasteiger partial charge on any atom is -0.490 e. The SMILES string of the molecule is OC1(COc2cccc(F)c2)COCCN(C2CCOCC2)C1. The summed E-state index contributed by atoms with van der Waals surface area (Å²) in [4.78, 5) is 2.27. The van der Waals surface area contributed by atoms with Gasteiger partial charge in [0.25, 0.3) is 0 Å². The molecule has 23 heavy (non-hydrogen) atoms. The smallest absolute Gasteiger partial charge is 0.134 e. The van der Waals surface area contributed by atoms with Gasteiger partial charge >= 0.3 is 0 Å². The predicted molar refractivity (Wildman–Crippen MR) is 83.1 cm³/mol. The van der Waals surface area contributed by atoms with Gasteiger partial charge in [0, 0.05) is 38.4 Å². The van der Waals surface area contributed by atoms with Crippen molar-refractivity contribution in [2.24, 2.45) is 0 Å². The van der Waals surface area contributed by atoms with E-state index < -0.39 is 5.60 Å². The molecule has 1 aromatic rings. The lowest BCUT2D eigenvalue weighted by Crippen LogP contribution is -2.52. The molecule has 1 atom stereocenters. The average Bonchev–Trinajstić information content (AvgIpc) is 2.76. The summed E-state index contributed by atoms with van der Waals surface area (Å²) in [5.41, 5.74) is -1.10. The first-order chi connectivity index (χ1) is 11.1. The largest absolute Gasteiger partial charge is 0.490 e. The van der Waals surface area contributed by atoms with Crippen LogP contribution in [0.25, 0.3) is 0 Å². The summed E-state index contributed by atoms with van der Waals surface area (Å²) >= 11 is 0. The Bertz CT molecular complexity index is 509. The summed E-state index contributed by atoms with van der Waals surface area (Å²) in [6, 6.07) is 6.36. The molecule has 2 aliphatic rings. The Kier molecular flexibility index (Phi) is 5.48. The monoisotopic (exact) mass is 325 g/mol. The molecule has 2 saturated heterocycles. The summed E-state index contributed by atoms with van der Waals surface area (Å²) in [5, 5.41) is 10.9. The van der Waals surface area contributed by atoms with E-state index in [2.05, 4.69) is 4.90 Å². The van der Waals surface area contributed by atoms with Gasteiger partial charge in [0.2, 0.25) is 0 Å². The van der Waals surface area contributed by atoms with Crippen molar-refractivity contribution in [2.75, 3.05) is 46.1 Å². The minimum absolute atomic E-state index is 0.0795. The van der Waals surface area contributed by atoms with Crippen LogP contribution >= 0.6 is 0 Å². The molecule has 2 aliphatic heterocycles. The quantitative estimate of drug-likeness (QED) is 0.908. The fraction of sp³-hybridized carbons (Fsp3) is 0.647. The van der Waals surface area contributed by atoms with Crippen LogP contribution in [-0.2, 0) is 9.47 Å². The van der Waals surface area contributed by atoms with E-state index in [-0.39, 0.29) is 19.0 Å². The Labute approximate surface area is 135 Å². The van der Waals surface area contributed by atoms with Crippen LogP contribution in [0.15, 0.2) is 24.3 Å². The molecule has 5 nitrogen and oxygen atoms in total. The van der Waals surface area contributed by atoms with Crippen LogP contribution < -0.4 is 4.74 Å². The number of aliphatic hydroxyl groups is 1. The fourth-order valence-corrected chi connectivity index (χ4v) is 3.17. The van der Waals surface area contributed by atoms with Gasteiger partial charge in [-0.2, -0.15) is 0 Å². The summed E-state index contributed by atoms with van der Waals surface area (Å²) in [7, 11) is 0. The molecule has 1 unspecified atom stereocenters. The van der Waals surface area contributed by atoms with Gasteiger partial charge in [-0.15, -0.1) is 0 Å². The molecule has 0 bridgehead atoms. The molecule has 3 rings (SSSR count). The van der Waals surface area contributed by atoms with Crippen molar-refractivity contribution in [3.8, 4) is 5.75 Å².